The summed E-state index contributed by atoms with van der Waals surface area (Å²) in [6.07, 6.45) is 0.362. The van der Waals surface area contributed by atoms with Crippen LogP contribution in [0.15, 0.2) is 29.4 Å². The van der Waals surface area contributed by atoms with E-state index in [9.17, 15) is 4.79 Å². The van der Waals surface area contributed by atoms with Crippen molar-refractivity contribution in [3.63, 3.8) is 0 Å². The zero-order valence-electron chi connectivity index (χ0n) is 11.8. The summed E-state index contributed by atoms with van der Waals surface area (Å²) in [5, 5.41) is 9.10. The molecule has 1 aromatic heterocycles. The standard InChI is InChI=1S/C14H17N3O2S/c1-10-6-4-5-7-12(10)17-11(2)15-16-14(17)20-9-8-13(18)19-3/h4-7H,8-9H2,1-3H3. The Balaban J connectivity index is 2.20. The number of benzene rings is 1. The van der Waals surface area contributed by atoms with Crippen LogP contribution in [0, 0.1) is 13.8 Å². The van der Waals surface area contributed by atoms with Crippen LogP contribution < -0.4 is 0 Å². The summed E-state index contributed by atoms with van der Waals surface area (Å²) >= 11 is 1.50. The van der Waals surface area contributed by atoms with E-state index in [0.717, 1.165) is 22.2 Å². The van der Waals surface area contributed by atoms with Gasteiger partial charge in [-0.05, 0) is 25.5 Å². The number of carbonyl (C=O) groups is 1. The Morgan fingerprint density at radius 2 is 2.05 bits per heavy atom. The molecule has 1 aromatic carbocycles. The van der Waals surface area contributed by atoms with E-state index in [-0.39, 0.29) is 5.97 Å². The first-order chi connectivity index (χ1) is 9.63. The molecular formula is C14H17N3O2S. The number of nitrogens with zero attached hydrogens (tertiary/aromatic N) is 3. The van der Waals surface area contributed by atoms with Crippen LogP contribution in [0.3, 0.4) is 0 Å². The molecule has 106 valence electrons. The van der Waals surface area contributed by atoms with E-state index in [1.807, 2.05) is 29.7 Å². The summed E-state index contributed by atoms with van der Waals surface area (Å²) in [5.41, 5.74) is 2.22. The summed E-state index contributed by atoms with van der Waals surface area (Å²) in [4.78, 5) is 11.1. The predicted octanol–water partition coefficient (Wildman–Crippen LogP) is 2.54. The van der Waals surface area contributed by atoms with Gasteiger partial charge < -0.3 is 4.74 Å². The Kier molecular flexibility index (Phi) is 4.79. The number of carbonyl (C=O) groups excluding carboxylic acids is 1. The number of hydrogen-bond acceptors (Lipinski definition) is 5. The SMILES string of the molecule is COC(=O)CCSc1nnc(C)n1-c1ccccc1C. The molecule has 0 radical (unpaired) electrons. The Hall–Kier alpha value is -1.82. The average Bonchev–Trinajstić information content (AvgIpc) is 2.80. The number of esters is 1. The van der Waals surface area contributed by atoms with Crippen molar-refractivity contribution in [2.24, 2.45) is 0 Å². The second kappa shape index (κ2) is 6.56. The van der Waals surface area contributed by atoms with Crippen molar-refractivity contribution in [3.05, 3.63) is 35.7 Å². The smallest absolute Gasteiger partial charge is 0.306 e. The van der Waals surface area contributed by atoms with Crippen molar-refractivity contribution in [1.82, 2.24) is 14.8 Å². The number of aryl methyl sites for hydroxylation is 2. The van der Waals surface area contributed by atoms with Crippen LogP contribution in [0.5, 0.6) is 0 Å². The van der Waals surface area contributed by atoms with E-state index in [2.05, 4.69) is 27.9 Å². The first-order valence-electron chi connectivity index (χ1n) is 6.31. The molecule has 0 N–H and O–H groups in total. The molecule has 0 amide bonds. The molecule has 0 aliphatic carbocycles. The highest BCUT2D eigenvalue weighted by Crippen LogP contribution is 2.24. The van der Waals surface area contributed by atoms with Crippen molar-refractivity contribution in [2.45, 2.75) is 25.4 Å². The Labute approximate surface area is 122 Å². The highest BCUT2D eigenvalue weighted by atomic mass is 32.2. The fourth-order valence-corrected chi connectivity index (χ4v) is 2.77. The lowest BCUT2D eigenvalue weighted by Gasteiger charge is -2.10. The molecule has 0 fully saturated rings. The lowest BCUT2D eigenvalue weighted by molar-refractivity contribution is -0.140. The molecule has 0 aliphatic heterocycles. The van der Waals surface area contributed by atoms with Crippen LogP contribution in [0.4, 0.5) is 0 Å². The maximum absolute atomic E-state index is 11.1. The van der Waals surface area contributed by atoms with Gasteiger partial charge in [-0.3, -0.25) is 9.36 Å². The first kappa shape index (κ1) is 14.6. The van der Waals surface area contributed by atoms with Crippen LogP contribution in [0.2, 0.25) is 0 Å². The maximum Gasteiger partial charge on any atom is 0.306 e. The molecular weight excluding hydrogens is 274 g/mol. The number of methoxy groups -OCH3 is 1. The molecule has 0 unspecified atom stereocenters. The number of rotatable bonds is 5. The average molecular weight is 291 g/mol. The maximum atomic E-state index is 11.1. The second-order valence-electron chi connectivity index (χ2n) is 4.33. The normalized spacial score (nSPS) is 10.6. The molecule has 2 rings (SSSR count). The van der Waals surface area contributed by atoms with Gasteiger partial charge in [0, 0.05) is 5.75 Å². The highest BCUT2D eigenvalue weighted by molar-refractivity contribution is 7.99. The van der Waals surface area contributed by atoms with E-state index >= 15 is 0 Å². The fraction of sp³-hybridized carbons (Fsp3) is 0.357. The molecule has 20 heavy (non-hydrogen) atoms. The third kappa shape index (κ3) is 3.19. The number of para-hydroxylation sites is 1. The molecule has 5 nitrogen and oxygen atoms in total. The van der Waals surface area contributed by atoms with Gasteiger partial charge in [0.25, 0.3) is 0 Å². The Morgan fingerprint density at radius 1 is 1.30 bits per heavy atom. The summed E-state index contributed by atoms with van der Waals surface area (Å²) in [6, 6.07) is 8.08. The molecule has 2 aromatic rings. The van der Waals surface area contributed by atoms with Crippen LogP contribution in [-0.4, -0.2) is 33.6 Å². The van der Waals surface area contributed by atoms with Gasteiger partial charge in [-0.2, -0.15) is 0 Å². The van der Waals surface area contributed by atoms with Gasteiger partial charge in [0.2, 0.25) is 0 Å². The minimum atomic E-state index is -0.212. The summed E-state index contributed by atoms with van der Waals surface area (Å²) in [7, 11) is 1.40. The minimum Gasteiger partial charge on any atom is -0.469 e. The minimum absolute atomic E-state index is 0.212. The number of ether oxygens (including phenoxy) is 1. The number of hydrogen-bond donors (Lipinski definition) is 0. The van der Waals surface area contributed by atoms with Gasteiger partial charge in [0.15, 0.2) is 5.16 Å². The van der Waals surface area contributed by atoms with Crippen LogP contribution >= 0.6 is 11.8 Å². The largest absolute Gasteiger partial charge is 0.469 e. The molecule has 0 aliphatic rings. The molecule has 0 atom stereocenters. The highest BCUT2D eigenvalue weighted by Gasteiger charge is 2.13. The van der Waals surface area contributed by atoms with E-state index < -0.39 is 0 Å². The van der Waals surface area contributed by atoms with Crippen LogP contribution in [-0.2, 0) is 9.53 Å². The zero-order valence-corrected chi connectivity index (χ0v) is 12.6. The zero-order chi connectivity index (χ0) is 14.5. The molecule has 0 saturated heterocycles. The summed E-state index contributed by atoms with van der Waals surface area (Å²) in [6.45, 7) is 3.97. The number of thioether (sulfide) groups is 1. The monoisotopic (exact) mass is 291 g/mol. The third-order valence-electron chi connectivity index (χ3n) is 2.92. The summed E-state index contributed by atoms with van der Waals surface area (Å²) < 4.78 is 6.64. The molecule has 0 spiro atoms. The lowest BCUT2D eigenvalue weighted by Crippen LogP contribution is -2.04. The van der Waals surface area contributed by atoms with E-state index in [0.29, 0.717) is 12.2 Å². The lowest BCUT2D eigenvalue weighted by atomic mass is 10.2. The van der Waals surface area contributed by atoms with Crippen LogP contribution in [0.25, 0.3) is 5.69 Å². The topological polar surface area (TPSA) is 57.0 Å². The summed E-state index contributed by atoms with van der Waals surface area (Å²) in [5.74, 6) is 1.24. The van der Waals surface area contributed by atoms with Crippen molar-refractivity contribution < 1.29 is 9.53 Å². The van der Waals surface area contributed by atoms with Crippen molar-refractivity contribution in [2.75, 3.05) is 12.9 Å². The molecule has 0 saturated carbocycles. The van der Waals surface area contributed by atoms with Gasteiger partial charge in [0.1, 0.15) is 5.82 Å². The quantitative estimate of drug-likeness (QED) is 0.626. The van der Waals surface area contributed by atoms with Gasteiger partial charge in [0.05, 0.1) is 19.2 Å². The first-order valence-corrected chi connectivity index (χ1v) is 7.29. The van der Waals surface area contributed by atoms with Gasteiger partial charge >= 0.3 is 5.97 Å². The van der Waals surface area contributed by atoms with Crippen molar-refractivity contribution >= 4 is 17.7 Å². The molecule has 1 heterocycles. The van der Waals surface area contributed by atoms with Crippen LogP contribution in [0.1, 0.15) is 17.8 Å². The Bertz CT molecular complexity index is 610. The van der Waals surface area contributed by atoms with Crippen molar-refractivity contribution in [3.8, 4) is 5.69 Å². The molecule has 6 heteroatoms. The van der Waals surface area contributed by atoms with Gasteiger partial charge in [-0.1, -0.05) is 30.0 Å². The Morgan fingerprint density at radius 3 is 2.75 bits per heavy atom. The van der Waals surface area contributed by atoms with Gasteiger partial charge in [-0.15, -0.1) is 10.2 Å². The third-order valence-corrected chi connectivity index (χ3v) is 3.85. The second-order valence-corrected chi connectivity index (χ2v) is 5.39. The van der Waals surface area contributed by atoms with E-state index in [1.54, 1.807) is 0 Å². The van der Waals surface area contributed by atoms with Gasteiger partial charge in [-0.25, -0.2) is 0 Å². The van der Waals surface area contributed by atoms with Crippen molar-refractivity contribution in [1.29, 1.82) is 0 Å². The molecule has 0 bridgehead atoms. The fourth-order valence-electron chi connectivity index (χ4n) is 1.86. The predicted molar refractivity (Wildman–Crippen MR) is 78.2 cm³/mol. The number of aromatic nitrogens is 3. The van der Waals surface area contributed by atoms with E-state index in [1.165, 1.54) is 18.9 Å². The van der Waals surface area contributed by atoms with E-state index in [4.69, 9.17) is 0 Å².